The number of rotatable bonds is 3. The van der Waals surface area contributed by atoms with Gasteiger partial charge in [0.2, 0.25) is 0 Å². The number of hydrogen-bond donors (Lipinski definition) is 1. The lowest BCUT2D eigenvalue weighted by molar-refractivity contribution is 0.0703. The number of carbonyl (C=O) groups excluding carboxylic acids is 1. The van der Waals surface area contributed by atoms with E-state index in [9.17, 15) is 9.90 Å². The van der Waals surface area contributed by atoms with Gasteiger partial charge >= 0.3 is 0 Å². The van der Waals surface area contributed by atoms with E-state index in [1.165, 1.54) is 10.5 Å². The van der Waals surface area contributed by atoms with Crippen molar-refractivity contribution in [2.45, 2.75) is 26.9 Å². The van der Waals surface area contributed by atoms with E-state index < -0.39 is 6.10 Å². The molecule has 88 valence electrons. The summed E-state index contributed by atoms with van der Waals surface area (Å²) >= 11 is 0. The highest BCUT2D eigenvalue weighted by atomic mass is 16.3. The molecule has 1 rings (SSSR count). The van der Waals surface area contributed by atoms with Gasteiger partial charge in [0.15, 0.2) is 0 Å². The minimum absolute atomic E-state index is 0.0519. The Morgan fingerprint density at radius 2 is 2.00 bits per heavy atom. The Morgan fingerprint density at radius 1 is 1.38 bits per heavy atom. The molecule has 1 atom stereocenters. The Labute approximate surface area is 96.7 Å². The molecule has 1 aromatic rings. The third-order valence-electron chi connectivity index (χ3n) is 2.64. The van der Waals surface area contributed by atoms with E-state index in [1.54, 1.807) is 14.0 Å². The Balaban J connectivity index is 2.84. The molecule has 3 nitrogen and oxygen atoms in total. The van der Waals surface area contributed by atoms with E-state index in [0.29, 0.717) is 12.1 Å². The van der Waals surface area contributed by atoms with Crippen molar-refractivity contribution in [1.82, 2.24) is 4.90 Å². The van der Waals surface area contributed by atoms with E-state index >= 15 is 0 Å². The van der Waals surface area contributed by atoms with Gasteiger partial charge in [-0.3, -0.25) is 4.79 Å². The Hall–Kier alpha value is -1.35. The summed E-state index contributed by atoms with van der Waals surface area (Å²) < 4.78 is 0. The topological polar surface area (TPSA) is 40.5 Å². The molecule has 0 heterocycles. The molecule has 0 aliphatic rings. The molecule has 0 radical (unpaired) electrons. The van der Waals surface area contributed by atoms with Gasteiger partial charge in [-0.25, -0.2) is 0 Å². The minimum Gasteiger partial charge on any atom is -0.392 e. The summed E-state index contributed by atoms with van der Waals surface area (Å²) in [5, 5.41) is 9.22. The highest BCUT2D eigenvalue weighted by molar-refractivity contribution is 5.94. The van der Waals surface area contributed by atoms with Crippen molar-refractivity contribution in [3.63, 3.8) is 0 Å². The maximum atomic E-state index is 12.0. The van der Waals surface area contributed by atoms with Crippen LogP contribution in [0.15, 0.2) is 18.2 Å². The number of amides is 1. The van der Waals surface area contributed by atoms with Gasteiger partial charge < -0.3 is 10.0 Å². The number of likely N-dealkylation sites (N-methyl/N-ethyl adjacent to an activating group) is 1. The second-order valence-electron chi connectivity index (χ2n) is 4.33. The average molecular weight is 221 g/mol. The molecule has 0 aliphatic carbocycles. The van der Waals surface area contributed by atoms with Crippen molar-refractivity contribution in [2.24, 2.45) is 0 Å². The molecule has 1 N–H and O–H groups in total. The summed E-state index contributed by atoms with van der Waals surface area (Å²) in [5.74, 6) is -0.0519. The second kappa shape index (κ2) is 5.12. The normalized spacial score (nSPS) is 12.3. The van der Waals surface area contributed by atoms with Crippen LogP contribution in [0, 0.1) is 13.8 Å². The number of aliphatic hydroxyl groups excluding tert-OH is 1. The first-order valence-corrected chi connectivity index (χ1v) is 5.42. The van der Waals surface area contributed by atoms with Crippen LogP contribution < -0.4 is 0 Å². The molecule has 0 saturated carbocycles. The van der Waals surface area contributed by atoms with Crippen LogP contribution in [-0.2, 0) is 0 Å². The first-order chi connectivity index (χ1) is 7.41. The van der Waals surface area contributed by atoms with Crippen LogP contribution in [0.25, 0.3) is 0 Å². The number of aliphatic hydroxyl groups is 1. The molecule has 0 aliphatic heterocycles. The summed E-state index contributed by atoms with van der Waals surface area (Å²) in [6.07, 6.45) is -0.500. The average Bonchev–Trinajstić information content (AvgIpc) is 2.20. The van der Waals surface area contributed by atoms with Crippen LogP contribution in [0.1, 0.15) is 28.4 Å². The first-order valence-electron chi connectivity index (χ1n) is 5.42. The fourth-order valence-corrected chi connectivity index (χ4v) is 1.57. The summed E-state index contributed by atoms with van der Waals surface area (Å²) in [7, 11) is 1.70. The minimum atomic E-state index is -0.500. The SMILES string of the molecule is Cc1ccc(C(=O)N(C)CC(C)O)cc1C. The highest BCUT2D eigenvalue weighted by Crippen LogP contribution is 2.11. The number of benzene rings is 1. The van der Waals surface area contributed by atoms with E-state index in [4.69, 9.17) is 0 Å². The van der Waals surface area contributed by atoms with Gasteiger partial charge in [0.25, 0.3) is 5.91 Å². The molecule has 16 heavy (non-hydrogen) atoms. The largest absolute Gasteiger partial charge is 0.392 e. The van der Waals surface area contributed by atoms with Crippen LogP contribution in [0.2, 0.25) is 0 Å². The first kappa shape index (κ1) is 12.7. The predicted molar refractivity (Wildman–Crippen MR) is 64.6 cm³/mol. The van der Waals surface area contributed by atoms with Gasteiger partial charge in [0, 0.05) is 19.2 Å². The molecule has 0 bridgehead atoms. The van der Waals surface area contributed by atoms with Crippen molar-refractivity contribution in [3.05, 3.63) is 34.9 Å². The molecular formula is C13H19NO2. The number of aryl methyl sites for hydroxylation is 2. The molecule has 1 amide bonds. The molecule has 1 unspecified atom stereocenters. The monoisotopic (exact) mass is 221 g/mol. The maximum Gasteiger partial charge on any atom is 0.253 e. The molecule has 0 aromatic heterocycles. The van der Waals surface area contributed by atoms with Crippen molar-refractivity contribution in [1.29, 1.82) is 0 Å². The summed E-state index contributed by atoms with van der Waals surface area (Å²) in [6.45, 7) is 6.03. The van der Waals surface area contributed by atoms with Crippen LogP contribution in [-0.4, -0.2) is 35.6 Å². The van der Waals surface area contributed by atoms with Crippen molar-refractivity contribution >= 4 is 5.91 Å². The molecule has 0 saturated heterocycles. The Kier molecular flexibility index (Phi) is 4.07. The van der Waals surface area contributed by atoms with Crippen molar-refractivity contribution in [2.75, 3.05) is 13.6 Å². The smallest absolute Gasteiger partial charge is 0.253 e. The Morgan fingerprint density at radius 3 is 2.50 bits per heavy atom. The maximum absolute atomic E-state index is 12.0. The van der Waals surface area contributed by atoms with Crippen LogP contribution in [0.3, 0.4) is 0 Å². The van der Waals surface area contributed by atoms with Gasteiger partial charge in [-0.1, -0.05) is 6.07 Å². The van der Waals surface area contributed by atoms with Gasteiger partial charge in [-0.05, 0) is 44.0 Å². The molecule has 3 heteroatoms. The summed E-state index contributed by atoms with van der Waals surface area (Å²) in [4.78, 5) is 13.5. The fourth-order valence-electron chi connectivity index (χ4n) is 1.57. The van der Waals surface area contributed by atoms with Crippen LogP contribution in [0.5, 0.6) is 0 Å². The molecule has 0 fully saturated rings. The zero-order valence-electron chi connectivity index (χ0n) is 10.3. The summed E-state index contributed by atoms with van der Waals surface area (Å²) in [5.41, 5.74) is 2.96. The lowest BCUT2D eigenvalue weighted by Crippen LogP contribution is -2.33. The molecular weight excluding hydrogens is 202 g/mol. The van der Waals surface area contributed by atoms with E-state index in [1.807, 2.05) is 32.0 Å². The predicted octanol–water partition coefficient (Wildman–Crippen LogP) is 1.76. The van der Waals surface area contributed by atoms with E-state index in [2.05, 4.69) is 0 Å². The third-order valence-corrected chi connectivity index (χ3v) is 2.64. The third kappa shape index (κ3) is 3.07. The van der Waals surface area contributed by atoms with Gasteiger partial charge in [-0.2, -0.15) is 0 Å². The summed E-state index contributed by atoms with van der Waals surface area (Å²) in [6, 6.07) is 5.65. The second-order valence-corrected chi connectivity index (χ2v) is 4.33. The van der Waals surface area contributed by atoms with Gasteiger partial charge in [0.1, 0.15) is 0 Å². The van der Waals surface area contributed by atoms with Crippen molar-refractivity contribution in [3.8, 4) is 0 Å². The molecule has 0 spiro atoms. The van der Waals surface area contributed by atoms with E-state index in [0.717, 1.165) is 5.56 Å². The Bertz CT molecular complexity index is 386. The number of carbonyl (C=O) groups is 1. The highest BCUT2D eigenvalue weighted by Gasteiger charge is 2.13. The quantitative estimate of drug-likeness (QED) is 0.845. The van der Waals surface area contributed by atoms with Crippen molar-refractivity contribution < 1.29 is 9.90 Å². The van der Waals surface area contributed by atoms with Gasteiger partial charge in [-0.15, -0.1) is 0 Å². The molecule has 1 aromatic carbocycles. The lowest BCUT2D eigenvalue weighted by atomic mass is 10.1. The standard InChI is InChI=1S/C13H19NO2/c1-9-5-6-12(7-10(9)2)13(16)14(4)8-11(3)15/h5-7,11,15H,8H2,1-4H3. The fraction of sp³-hybridized carbons (Fsp3) is 0.462. The lowest BCUT2D eigenvalue weighted by Gasteiger charge is -2.19. The zero-order chi connectivity index (χ0) is 12.3. The van der Waals surface area contributed by atoms with E-state index in [-0.39, 0.29) is 5.91 Å². The van der Waals surface area contributed by atoms with Crippen LogP contribution in [0.4, 0.5) is 0 Å². The number of nitrogens with zero attached hydrogens (tertiary/aromatic N) is 1. The zero-order valence-corrected chi connectivity index (χ0v) is 10.3. The van der Waals surface area contributed by atoms with Gasteiger partial charge in [0.05, 0.1) is 6.10 Å². The van der Waals surface area contributed by atoms with Crippen LogP contribution >= 0.6 is 0 Å². The number of hydrogen-bond acceptors (Lipinski definition) is 2.